The zero-order valence-electron chi connectivity index (χ0n) is 24.1. The Morgan fingerprint density at radius 3 is 1.79 bits per heavy atom. The van der Waals surface area contributed by atoms with E-state index in [9.17, 15) is 19.2 Å². The first kappa shape index (κ1) is 33.7. The maximum Gasteiger partial charge on any atom is 0.253 e. The molecule has 1 unspecified atom stereocenters. The number of aromatic nitrogens is 2. The van der Waals surface area contributed by atoms with E-state index < -0.39 is 6.04 Å². The molecule has 2 aromatic rings. The molecule has 1 amide bonds. The number of pyridine rings is 2. The van der Waals surface area contributed by atoms with E-state index in [-0.39, 0.29) is 55.6 Å². The molecule has 0 aliphatic carbocycles. The van der Waals surface area contributed by atoms with Crippen LogP contribution in [0.2, 0.25) is 0 Å². The van der Waals surface area contributed by atoms with Crippen LogP contribution in [-0.4, -0.2) is 65.7 Å². The van der Waals surface area contributed by atoms with Crippen LogP contribution in [0.15, 0.2) is 36.7 Å². The largest absolute Gasteiger partial charge is 0.379 e. The third-order valence-electron chi connectivity index (χ3n) is 5.72. The number of Topliss-reactive ketones (excluding diaryl/α,β-unsaturated/α-hetero) is 3. The number of ketones is 3. The van der Waals surface area contributed by atoms with Gasteiger partial charge in [0.15, 0.2) is 5.78 Å². The van der Waals surface area contributed by atoms with Crippen molar-refractivity contribution in [1.29, 1.82) is 0 Å². The van der Waals surface area contributed by atoms with Crippen LogP contribution >= 0.6 is 0 Å². The molecule has 9 nitrogen and oxygen atoms in total. The maximum absolute atomic E-state index is 12.8. The molecule has 0 aliphatic heterocycles. The van der Waals surface area contributed by atoms with E-state index >= 15 is 0 Å². The van der Waals surface area contributed by atoms with Crippen molar-refractivity contribution in [2.45, 2.75) is 73.3 Å². The molecule has 2 aromatic heterocycles. The molecule has 0 aliphatic rings. The van der Waals surface area contributed by atoms with Crippen LogP contribution in [0.4, 0.5) is 0 Å². The van der Waals surface area contributed by atoms with E-state index in [4.69, 9.17) is 9.47 Å². The average Bonchev–Trinajstić information content (AvgIpc) is 2.97. The lowest BCUT2D eigenvalue weighted by Crippen LogP contribution is -2.42. The number of rotatable bonds is 17. The minimum absolute atomic E-state index is 0.0185. The Hall–Kier alpha value is -3.30. The Labute approximate surface area is 232 Å². The third kappa shape index (κ3) is 12.4. The maximum atomic E-state index is 12.8. The molecule has 2 rings (SSSR count). The second kappa shape index (κ2) is 18.9. The fourth-order valence-corrected chi connectivity index (χ4v) is 3.27. The first-order valence-corrected chi connectivity index (χ1v) is 13.7. The van der Waals surface area contributed by atoms with Crippen molar-refractivity contribution < 1.29 is 28.7 Å². The van der Waals surface area contributed by atoms with Gasteiger partial charge in [-0.15, -0.1) is 0 Å². The van der Waals surface area contributed by atoms with Gasteiger partial charge in [0, 0.05) is 49.6 Å². The number of carbonyl (C=O) groups excluding carboxylic acids is 4. The highest BCUT2D eigenvalue weighted by molar-refractivity contribution is 5.96. The smallest absolute Gasteiger partial charge is 0.253 e. The average molecular weight is 542 g/mol. The normalized spacial score (nSPS) is 11.4. The van der Waals surface area contributed by atoms with Gasteiger partial charge in [0.05, 0.1) is 49.4 Å². The van der Waals surface area contributed by atoms with Gasteiger partial charge in [-0.3, -0.25) is 29.1 Å². The van der Waals surface area contributed by atoms with Crippen molar-refractivity contribution in [3.05, 3.63) is 47.8 Å². The van der Waals surface area contributed by atoms with Gasteiger partial charge in [-0.05, 0) is 24.3 Å². The lowest BCUT2D eigenvalue weighted by molar-refractivity contribution is -0.123. The fourth-order valence-electron chi connectivity index (χ4n) is 3.27. The Kier molecular flexibility index (Phi) is 16.3. The SMILES string of the molecule is CC.CCC(=O)CCOCC(COCCC(=O)C(C)C)NC(=O)c1ccc(-c2ccc(C(=O)CC)cn2)nc1. The third-order valence-corrected chi connectivity index (χ3v) is 5.72. The molecule has 1 atom stereocenters. The van der Waals surface area contributed by atoms with Crippen molar-refractivity contribution in [1.82, 2.24) is 15.3 Å². The summed E-state index contributed by atoms with van der Waals surface area (Å²) in [6.45, 7) is 12.1. The Balaban J connectivity index is 0.00000371. The molecular weight excluding hydrogens is 498 g/mol. The topological polar surface area (TPSA) is 125 Å². The summed E-state index contributed by atoms with van der Waals surface area (Å²) >= 11 is 0. The molecule has 214 valence electrons. The molecule has 0 fully saturated rings. The molecule has 0 saturated carbocycles. The van der Waals surface area contributed by atoms with Gasteiger partial charge in [-0.2, -0.15) is 0 Å². The van der Waals surface area contributed by atoms with Crippen molar-refractivity contribution >= 4 is 23.3 Å². The van der Waals surface area contributed by atoms with Gasteiger partial charge in [0.2, 0.25) is 0 Å². The number of hydrogen-bond acceptors (Lipinski definition) is 8. The number of amides is 1. The minimum atomic E-state index is -0.469. The van der Waals surface area contributed by atoms with Crippen molar-refractivity contribution in [2.24, 2.45) is 5.92 Å². The summed E-state index contributed by atoms with van der Waals surface area (Å²) in [6, 6.07) is 6.30. The summed E-state index contributed by atoms with van der Waals surface area (Å²) < 4.78 is 11.2. The standard InChI is InChI=1S/C28H37N3O6.C2H6/c1-5-23(32)11-13-36-17-22(18-37-14-12-27(34)19(3)4)31-28(35)21-8-10-25(30-16-21)24-9-7-20(15-29-24)26(33)6-2;1-2/h7-10,15-16,19,22H,5-6,11-14,17-18H2,1-4H3,(H,31,35);1-2H3. The lowest BCUT2D eigenvalue weighted by Gasteiger charge is -2.19. The molecule has 39 heavy (non-hydrogen) atoms. The number of nitrogens with one attached hydrogen (secondary N) is 1. The zero-order chi connectivity index (χ0) is 29.2. The van der Waals surface area contributed by atoms with Gasteiger partial charge in [0.25, 0.3) is 5.91 Å². The highest BCUT2D eigenvalue weighted by atomic mass is 16.5. The van der Waals surface area contributed by atoms with Gasteiger partial charge in [-0.1, -0.05) is 41.5 Å². The molecular formula is C30H43N3O6. The predicted molar refractivity (Wildman–Crippen MR) is 151 cm³/mol. The summed E-state index contributed by atoms with van der Waals surface area (Å²) in [5.74, 6) is -0.166. The first-order chi connectivity index (χ1) is 18.7. The summed E-state index contributed by atoms with van der Waals surface area (Å²) in [4.78, 5) is 56.6. The highest BCUT2D eigenvalue weighted by Gasteiger charge is 2.16. The predicted octanol–water partition coefficient (Wildman–Crippen LogP) is 4.88. The zero-order valence-corrected chi connectivity index (χ0v) is 24.1. The summed E-state index contributed by atoms with van der Waals surface area (Å²) in [6.07, 6.45) is 4.46. The van der Waals surface area contributed by atoms with Gasteiger partial charge < -0.3 is 14.8 Å². The van der Waals surface area contributed by atoms with Crippen LogP contribution in [0.25, 0.3) is 11.4 Å². The van der Waals surface area contributed by atoms with Crippen LogP contribution in [-0.2, 0) is 19.1 Å². The fraction of sp³-hybridized carbons (Fsp3) is 0.533. The minimum Gasteiger partial charge on any atom is -0.379 e. The lowest BCUT2D eigenvalue weighted by atomic mass is 10.1. The van der Waals surface area contributed by atoms with E-state index in [1.165, 1.54) is 12.4 Å². The highest BCUT2D eigenvalue weighted by Crippen LogP contribution is 2.16. The van der Waals surface area contributed by atoms with Crippen LogP contribution in [0, 0.1) is 5.92 Å². The van der Waals surface area contributed by atoms with E-state index in [0.29, 0.717) is 48.2 Å². The van der Waals surface area contributed by atoms with Crippen molar-refractivity contribution in [2.75, 3.05) is 26.4 Å². The number of ether oxygens (including phenoxy) is 2. The Morgan fingerprint density at radius 1 is 0.795 bits per heavy atom. The molecule has 0 saturated heterocycles. The summed E-state index contributed by atoms with van der Waals surface area (Å²) in [5.41, 5.74) is 2.07. The molecule has 0 aromatic carbocycles. The number of nitrogens with zero attached hydrogens (tertiary/aromatic N) is 2. The quantitative estimate of drug-likeness (QED) is 0.222. The van der Waals surface area contributed by atoms with Gasteiger partial charge >= 0.3 is 0 Å². The van der Waals surface area contributed by atoms with Crippen molar-refractivity contribution in [3.8, 4) is 11.4 Å². The van der Waals surface area contributed by atoms with Crippen LogP contribution in [0.1, 0.15) is 87.9 Å². The van der Waals surface area contributed by atoms with Gasteiger partial charge in [0.1, 0.15) is 11.6 Å². The van der Waals surface area contributed by atoms with E-state index in [1.807, 2.05) is 27.7 Å². The van der Waals surface area contributed by atoms with Crippen LogP contribution in [0.5, 0.6) is 0 Å². The molecule has 9 heteroatoms. The number of carbonyl (C=O) groups is 4. The second-order valence-electron chi connectivity index (χ2n) is 8.97. The molecule has 0 bridgehead atoms. The Bertz CT molecular complexity index is 1040. The molecule has 1 N–H and O–H groups in total. The molecule has 2 heterocycles. The van der Waals surface area contributed by atoms with Crippen LogP contribution < -0.4 is 5.32 Å². The van der Waals surface area contributed by atoms with E-state index in [0.717, 1.165) is 0 Å². The molecule has 0 radical (unpaired) electrons. The number of hydrogen-bond donors (Lipinski definition) is 1. The second-order valence-corrected chi connectivity index (χ2v) is 8.97. The Morgan fingerprint density at radius 2 is 1.33 bits per heavy atom. The van der Waals surface area contributed by atoms with E-state index in [2.05, 4.69) is 15.3 Å². The van der Waals surface area contributed by atoms with E-state index in [1.54, 1.807) is 38.1 Å². The van der Waals surface area contributed by atoms with Gasteiger partial charge in [-0.25, -0.2) is 0 Å². The first-order valence-electron chi connectivity index (χ1n) is 13.7. The molecule has 0 spiro atoms. The summed E-state index contributed by atoms with van der Waals surface area (Å²) in [5, 5.41) is 2.88. The van der Waals surface area contributed by atoms with Crippen LogP contribution in [0.3, 0.4) is 0 Å². The monoisotopic (exact) mass is 541 g/mol. The van der Waals surface area contributed by atoms with Crippen molar-refractivity contribution in [3.63, 3.8) is 0 Å². The summed E-state index contributed by atoms with van der Waals surface area (Å²) in [7, 11) is 0.